The monoisotopic (exact) mass is 288 g/mol. The second-order valence-electron chi connectivity index (χ2n) is 5.41. The van der Waals surface area contributed by atoms with Gasteiger partial charge in [0.25, 0.3) is 0 Å². The maximum atomic E-state index is 12.3. The van der Waals surface area contributed by atoms with E-state index in [0.29, 0.717) is 6.42 Å². The molecule has 4 heteroatoms. The number of carbonyl (C=O) groups is 2. The highest BCUT2D eigenvalue weighted by Crippen LogP contribution is 2.49. The van der Waals surface area contributed by atoms with Crippen molar-refractivity contribution in [3.05, 3.63) is 42.0 Å². The van der Waals surface area contributed by atoms with Gasteiger partial charge in [-0.05, 0) is 38.5 Å². The molecule has 1 fully saturated rings. The van der Waals surface area contributed by atoms with Crippen molar-refractivity contribution >= 4 is 23.5 Å². The summed E-state index contributed by atoms with van der Waals surface area (Å²) in [5, 5.41) is 0. The van der Waals surface area contributed by atoms with Crippen LogP contribution in [0.25, 0.3) is 0 Å². The van der Waals surface area contributed by atoms with E-state index in [1.807, 2.05) is 43.3 Å². The van der Waals surface area contributed by atoms with Crippen LogP contribution in [0.3, 0.4) is 0 Å². The summed E-state index contributed by atoms with van der Waals surface area (Å²) in [6.07, 6.45) is 4.12. The fourth-order valence-corrected chi connectivity index (χ4v) is 4.14. The molecule has 1 aromatic rings. The van der Waals surface area contributed by atoms with E-state index in [1.54, 1.807) is 6.92 Å². The Balaban J connectivity index is 1.99. The van der Waals surface area contributed by atoms with Crippen molar-refractivity contribution in [2.24, 2.45) is 5.92 Å². The Bertz CT molecular complexity index is 590. The quantitative estimate of drug-likeness (QED) is 0.633. The first-order valence-corrected chi connectivity index (χ1v) is 7.49. The lowest BCUT2D eigenvalue weighted by atomic mass is 9.77. The number of Topliss-reactive ketones (excluding diaryl/α,β-unsaturated/α-hetero) is 1. The topological polar surface area (TPSA) is 43.4 Å². The third-order valence-electron chi connectivity index (χ3n) is 3.92. The van der Waals surface area contributed by atoms with Crippen LogP contribution in [-0.2, 0) is 14.3 Å². The number of ketones is 1. The number of ether oxygens (including phenoxy) is 1. The van der Waals surface area contributed by atoms with Gasteiger partial charge in [0, 0.05) is 4.90 Å². The third kappa shape index (κ3) is 2.08. The summed E-state index contributed by atoms with van der Waals surface area (Å²) >= 11 is 1.42. The Labute approximate surface area is 122 Å². The maximum absolute atomic E-state index is 12.3. The fourth-order valence-electron chi connectivity index (χ4n) is 2.80. The van der Waals surface area contributed by atoms with E-state index in [1.165, 1.54) is 17.3 Å². The molecule has 104 valence electrons. The SMILES string of the molecule is CC(=O)[C@H]1C[C@H]2C=C[C@]1(Sc1ccc(C)cc1)C(=O)O2. The largest absolute Gasteiger partial charge is 0.457 e. The Hall–Kier alpha value is -1.55. The van der Waals surface area contributed by atoms with Crippen LogP contribution in [0.5, 0.6) is 0 Å². The number of benzene rings is 1. The molecule has 2 bridgehead atoms. The van der Waals surface area contributed by atoms with Crippen LogP contribution in [0.15, 0.2) is 41.3 Å². The highest BCUT2D eigenvalue weighted by atomic mass is 32.2. The molecule has 2 heterocycles. The lowest BCUT2D eigenvalue weighted by Crippen LogP contribution is -2.55. The van der Waals surface area contributed by atoms with Gasteiger partial charge in [-0.25, -0.2) is 0 Å². The first-order chi connectivity index (χ1) is 9.51. The van der Waals surface area contributed by atoms with Gasteiger partial charge in [0.05, 0.1) is 5.92 Å². The van der Waals surface area contributed by atoms with Gasteiger partial charge in [0.2, 0.25) is 0 Å². The van der Waals surface area contributed by atoms with Gasteiger partial charge in [-0.1, -0.05) is 23.8 Å². The van der Waals surface area contributed by atoms with E-state index >= 15 is 0 Å². The summed E-state index contributed by atoms with van der Waals surface area (Å²) in [7, 11) is 0. The summed E-state index contributed by atoms with van der Waals surface area (Å²) in [6.45, 7) is 3.58. The van der Waals surface area contributed by atoms with Crippen molar-refractivity contribution in [3.63, 3.8) is 0 Å². The standard InChI is InChI=1S/C16H16O3S/c1-10-3-5-13(6-4-10)20-16-8-7-12(19-15(16)18)9-14(16)11(2)17/h3-8,12,14H,9H2,1-2H3/t12-,14-,16-/m1/s1. The molecule has 0 saturated carbocycles. The average molecular weight is 288 g/mol. The molecular weight excluding hydrogens is 272 g/mol. The highest BCUT2D eigenvalue weighted by Gasteiger charge is 2.55. The lowest BCUT2D eigenvalue weighted by molar-refractivity contribution is -0.160. The summed E-state index contributed by atoms with van der Waals surface area (Å²) in [6, 6.07) is 7.97. The Morgan fingerprint density at radius 3 is 2.65 bits per heavy atom. The number of aryl methyl sites for hydroxylation is 1. The van der Waals surface area contributed by atoms with Crippen LogP contribution < -0.4 is 0 Å². The fraction of sp³-hybridized carbons (Fsp3) is 0.375. The molecule has 0 N–H and O–H groups in total. The minimum Gasteiger partial charge on any atom is -0.457 e. The van der Waals surface area contributed by atoms with Crippen molar-refractivity contribution in [1.29, 1.82) is 0 Å². The number of thioether (sulfide) groups is 1. The van der Waals surface area contributed by atoms with Gasteiger partial charge in [-0.2, -0.15) is 0 Å². The van der Waals surface area contributed by atoms with Crippen LogP contribution in [-0.4, -0.2) is 22.6 Å². The molecule has 2 aliphatic heterocycles. The summed E-state index contributed by atoms with van der Waals surface area (Å²) in [5.41, 5.74) is 1.17. The van der Waals surface area contributed by atoms with Gasteiger partial charge in [0.15, 0.2) is 0 Å². The Morgan fingerprint density at radius 2 is 2.05 bits per heavy atom. The number of hydrogen-bond donors (Lipinski definition) is 0. The van der Waals surface area contributed by atoms with E-state index in [0.717, 1.165) is 4.90 Å². The summed E-state index contributed by atoms with van der Waals surface area (Å²) in [4.78, 5) is 25.2. The first-order valence-electron chi connectivity index (χ1n) is 6.68. The molecule has 3 atom stereocenters. The number of hydrogen-bond acceptors (Lipinski definition) is 4. The number of carbonyl (C=O) groups excluding carboxylic acids is 2. The smallest absolute Gasteiger partial charge is 0.327 e. The minimum absolute atomic E-state index is 0.0515. The minimum atomic E-state index is -0.893. The molecule has 0 unspecified atom stereocenters. The predicted octanol–water partition coefficient (Wildman–Crippen LogP) is 2.92. The Morgan fingerprint density at radius 1 is 1.35 bits per heavy atom. The molecule has 0 aromatic heterocycles. The van der Waals surface area contributed by atoms with Gasteiger partial charge in [-0.3, -0.25) is 9.59 Å². The van der Waals surface area contributed by atoms with Crippen LogP contribution >= 0.6 is 11.8 Å². The first kappa shape index (κ1) is 13.4. The van der Waals surface area contributed by atoms with Crippen molar-refractivity contribution in [1.82, 2.24) is 0 Å². The van der Waals surface area contributed by atoms with Gasteiger partial charge >= 0.3 is 5.97 Å². The van der Waals surface area contributed by atoms with Crippen molar-refractivity contribution in [3.8, 4) is 0 Å². The van der Waals surface area contributed by atoms with Crippen molar-refractivity contribution in [2.75, 3.05) is 0 Å². The molecule has 1 saturated heterocycles. The van der Waals surface area contributed by atoms with Crippen LogP contribution in [0.2, 0.25) is 0 Å². The molecule has 3 nitrogen and oxygen atoms in total. The molecule has 0 spiro atoms. The van der Waals surface area contributed by atoms with E-state index in [-0.39, 0.29) is 23.8 Å². The molecule has 0 radical (unpaired) electrons. The summed E-state index contributed by atoms with van der Waals surface area (Å²) < 4.78 is 4.47. The summed E-state index contributed by atoms with van der Waals surface area (Å²) in [5.74, 6) is -0.539. The van der Waals surface area contributed by atoms with Crippen molar-refractivity contribution < 1.29 is 14.3 Å². The van der Waals surface area contributed by atoms with Crippen LogP contribution in [0.4, 0.5) is 0 Å². The van der Waals surface area contributed by atoms with Gasteiger partial charge < -0.3 is 4.74 Å². The lowest BCUT2D eigenvalue weighted by Gasteiger charge is -2.44. The van der Waals surface area contributed by atoms with E-state index in [4.69, 9.17) is 4.74 Å². The molecule has 0 amide bonds. The normalized spacial score (nSPS) is 31.2. The number of fused-ring (bicyclic) bond motifs is 2. The average Bonchev–Trinajstić information content (AvgIpc) is 2.42. The zero-order valence-corrected chi connectivity index (χ0v) is 12.3. The zero-order valence-electron chi connectivity index (χ0n) is 11.5. The second kappa shape index (κ2) is 4.77. The third-order valence-corrected chi connectivity index (χ3v) is 5.35. The van der Waals surface area contributed by atoms with Gasteiger partial charge in [-0.15, -0.1) is 11.8 Å². The van der Waals surface area contributed by atoms with Gasteiger partial charge in [0.1, 0.15) is 16.6 Å². The van der Waals surface area contributed by atoms with E-state index < -0.39 is 4.75 Å². The molecule has 20 heavy (non-hydrogen) atoms. The Kier molecular flexibility index (Phi) is 3.21. The molecule has 1 aliphatic carbocycles. The zero-order chi connectivity index (χ0) is 14.3. The molecule has 4 rings (SSSR count). The van der Waals surface area contributed by atoms with Crippen LogP contribution in [0, 0.1) is 12.8 Å². The maximum Gasteiger partial charge on any atom is 0.327 e. The van der Waals surface area contributed by atoms with E-state index in [9.17, 15) is 9.59 Å². The van der Waals surface area contributed by atoms with Crippen LogP contribution in [0.1, 0.15) is 18.9 Å². The predicted molar refractivity (Wildman–Crippen MR) is 77.6 cm³/mol. The molecule has 3 aliphatic rings. The number of esters is 1. The number of rotatable bonds is 3. The molecular formula is C16H16O3S. The molecule has 1 aromatic carbocycles. The van der Waals surface area contributed by atoms with E-state index in [2.05, 4.69) is 0 Å². The van der Waals surface area contributed by atoms with Crippen molar-refractivity contribution in [2.45, 2.75) is 36.0 Å². The second-order valence-corrected chi connectivity index (χ2v) is 6.76. The highest BCUT2D eigenvalue weighted by molar-refractivity contribution is 8.01.